The number of hydrogen-bond donors (Lipinski definition) is 2. The van der Waals surface area contributed by atoms with Gasteiger partial charge < -0.3 is 10.4 Å². The highest BCUT2D eigenvalue weighted by atomic mass is 16.6. The van der Waals surface area contributed by atoms with Crippen LogP contribution in [0.4, 0.5) is 11.4 Å². The average molecular weight is 264 g/mol. The van der Waals surface area contributed by atoms with Crippen molar-refractivity contribution in [1.29, 1.82) is 0 Å². The number of nitrogens with zero attached hydrogens (tertiary/aromatic N) is 1. The molecule has 2 rings (SSSR count). The molecule has 0 saturated heterocycles. The monoisotopic (exact) mass is 264 g/mol. The van der Waals surface area contributed by atoms with Gasteiger partial charge in [0.25, 0.3) is 5.69 Å². The van der Waals surface area contributed by atoms with E-state index in [1.165, 1.54) is 12.5 Å². The van der Waals surface area contributed by atoms with Crippen LogP contribution in [-0.4, -0.2) is 23.2 Å². The van der Waals surface area contributed by atoms with Crippen LogP contribution >= 0.6 is 0 Å². The second kappa shape index (κ2) is 6.02. The van der Waals surface area contributed by atoms with Gasteiger partial charge in [0.15, 0.2) is 0 Å². The van der Waals surface area contributed by atoms with Gasteiger partial charge in [-0.1, -0.05) is 6.42 Å². The highest BCUT2D eigenvalue weighted by molar-refractivity contribution is 5.53. The minimum atomic E-state index is -0.363. The summed E-state index contributed by atoms with van der Waals surface area (Å²) in [4.78, 5) is 10.4. The average Bonchev–Trinajstić information content (AvgIpc) is 2.83. The Morgan fingerprint density at radius 1 is 1.42 bits per heavy atom. The van der Waals surface area contributed by atoms with Crippen molar-refractivity contribution in [2.45, 2.75) is 26.2 Å². The number of aryl methyl sites for hydroxylation is 1. The van der Waals surface area contributed by atoms with Crippen LogP contribution in [0.3, 0.4) is 0 Å². The zero-order valence-electron chi connectivity index (χ0n) is 11.1. The lowest BCUT2D eigenvalue weighted by molar-refractivity contribution is -0.385. The van der Waals surface area contributed by atoms with Gasteiger partial charge in [-0.25, -0.2) is 0 Å². The minimum absolute atomic E-state index is 0.152. The third-order valence-electron chi connectivity index (χ3n) is 4.01. The van der Waals surface area contributed by atoms with Gasteiger partial charge in [0.1, 0.15) is 0 Å². The number of aliphatic hydroxyl groups is 1. The summed E-state index contributed by atoms with van der Waals surface area (Å²) in [6.45, 7) is 2.82. The molecule has 0 radical (unpaired) electrons. The van der Waals surface area contributed by atoms with Gasteiger partial charge in [0.2, 0.25) is 0 Å². The molecule has 1 saturated carbocycles. The van der Waals surface area contributed by atoms with Crippen molar-refractivity contribution >= 4 is 11.4 Å². The van der Waals surface area contributed by atoms with Crippen LogP contribution in [0.25, 0.3) is 0 Å². The Bertz CT molecular complexity index is 462. The standard InChI is InChI=1S/C14H20N2O3/c1-10-7-13(5-6-14(10)16(18)19)15-8-11-3-2-4-12(11)9-17/h5-7,11-12,15,17H,2-4,8-9H2,1H3. The number of benzene rings is 1. The van der Waals surface area contributed by atoms with Crippen LogP contribution in [-0.2, 0) is 0 Å². The van der Waals surface area contributed by atoms with Crippen molar-refractivity contribution in [3.8, 4) is 0 Å². The van der Waals surface area contributed by atoms with Gasteiger partial charge in [-0.2, -0.15) is 0 Å². The fourth-order valence-electron chi connectivity index (χ4n) is 2.84. The first-order chi connectivity index (χ1) is 9.11. The van der Waals surface area contributed by atoms with E-state index in [1.54, 1.807) is 19.1 Å². The molecule has 1 aliphatic carbocycles. The fourth-order valence-corrected chi connectivity index (χ4v) is 2.84. The van der Waals surface area contributed by atoms with Crippen LogP contribution in [0, 0.1) is 28.9 Å². The molecule has 5 heteroatoms. The molecule has 1 aromatic carbocycles. The third kappa shape index (κ3) is 3.23. The Balaban J connectivity index is 1.96. The molecule has 1 fully saturated rings. The van der Waals surface area contributed by atoms with Crippen molar-refractivity contribution in [1.82, 2.24) is 0 Å². The Kier molecular flexibility index (Phi) is 4.37. The van der Waals surface area contributed by atoms with Crippen LogP contribution in [0.5, 0.6) is 0 Å². The maximum atomic E-state index is 10.7. The second-order valence-corrected chi connectivity index (χ2v) is 5.27. The van der Waals surface area contributed by atoms with Crippen LogP contribution < -0.4 is 5.32 Å². The zero-order chi connectivity index (χ0) is 13.8. The Hall–Kier alpha value is -1.62. The molecule has 104 valence electrons. The summed E-state index contributed by atoms with van der Waals surface area (Å²) in [7, 11) is 0. The van der Waals surface area contributed by atoms with E-state index in [0.717, 1.165) is 25.1 Å². The SMILES string of the molecule is Cc1cc(NCC2CCCC2CO)ccc1[N+](=O)[O-]. The number of anilines is 1. The van der Waals surface area contributed by atoms with Crippen molar-refractivity contribution in [3.05, 3.63) is 33.9 Å². The molecular weight excluding hydrogens is 244 g/mol. The summed E-state index contributed by atoms with van der Waals surface area (Å²) in [6.07, 6.45) is 3.42. The van der Waals surface area contributed by atoms with Crippen LogP contribution in [0.15, 0.2) is 18.2 Å². The van der Waals surface area contributed by atoms with E-state index in [9.17, 15) is 15.2 Å². The molecule has 0 bridgehead atoms. The first kappa shape index (κ1) is 13.8. The van der Waals surface area contributed by atoms with Gasteiger partial charge in [-0.05, 0) is 43.7 Å². The predicted molar refractivity (Wildman–Crippen MR) is 74.2 cm³/mol. The van der Waals surface area contributed by atoms with Crippen molar-refractivity contribution < 1.29 is 10.0 Å². The largest absolute Gasteiger partial charge is 0.396 e. The van der Waals surface area contributed by atoms with E-state index < -0.39 is 0 Å². The molecule has 0 spiro atoms. The lowest BCUT2D eigenvalue weighted by atomic mass is 9.97. The normalized spacial score (nSPS) is 22.4. The summed E-state index contributed by atoms with van der Waals surface area (Å²) in [6, 6.07) is 5.09. The third-order valence-corrected chi connectivity index (χ3v) is 4.01. The number of rotatable bonds is 5. The molecule has 0 aliphatic heterocycles. The lowest BCUT2D eigenvalue weighted by Crippen LogP contribution is -2.20. The molecule has 2 atom stereocenters. The van der Waals surface area contributed by atoms with Gasteiger partial charge in [-0.3, -0.25) is 10.1 Å². The van der Waals surface area contributed by atoms with E-state index in [1.807, 2.05) is 0 Å². The summed E-state index contributed by atoms with van der Waals surface area (Å²) in [5.41, 5.74) is 1.73. The number of hydrogen-bond acceptors (Lipinski definition) is 4. The van der Waals surface area contributed by atoms with E-state index in [4.69, 9.17) is 0 Å². The van der Waals surface area contributed by atoms with Crippen LogP contribution in [0.2, 0.25) is 0 Å². The first-order valence-corrected chi connectivity index (χ1v) is 6.71. The van der Waals surface area contributed by atoms with Gasteiger partial charge in [0.05, 0.1) is 4.92 Å². The molecule has 5 nitrogen and oxygen atoms in total. The molecule has 2 N–H and O–H groups in total. The Labute approximate surface area is 112 Å². The quantitative estimate of drug-likeness (QED) is 0.633. The number of aliphatic hydroxyl groups excluding tert-OH is 1. The summed E-state index contributed by atoms with van der Waals surface area (Å²) in [5, 5.41) is 23.3. The summed E-state index contributed by atoms with van der Waals surface area (Å²) < 4.78 is 0. The van der Waals surface area contributed by atoms with E-state index in [2.05, 4.69) is 5.32 Å². The minimum Gasteiger partial charge on any atom is -0.396 e. The van der Waals surface area contributed by atoms with Crippen molar-refractivity contribution in [3.63, 3.8) is 0 Å². The predicted octanol–water partition coefficient (Wildman–Crippen LogP) is 2.72. The van der Waals surface area contributed by atoms with Gasteiger partial charge in [0, 0.05) is 30.5 Å². The summed E-state index contributed by atoms with van der Waals surface area (Å²) >= 11 is 0. The number of nitrogens with one attached hydrogen (secondary N) is 1. The Morgan fingerprint density at radius 2 is 2.16 bits per heavy atom. The molecule has 1 aliphatic rings. The maximum absolute atomic E-state index is 10.7. The number of nitro groups is 1. The van der Waals surface area contributed by atoms with E-state index >= 15 is 0 Å². The molecule has 0 amide bonds. The highest BCUT2D eigenvalue weighted by Crippen LogP contribution is 2.31. The Morgan fingerprint density at radius 3 is 2.79 bits per heavy atom. The maximum Gasteiger partial charge on any atom is 0.272 e. The molecule has 0 heterocycles. The van der Waals surface area contributed by atoms with E-state index in [0.29, 0.717) is 17.4 Å². The molecular formula is C14H20N2O3. The van der Waals surface area contributed by atoms with E-state index in [-0.39, 0.29) is 17.2 Å². The smallest absolute Gasteiger partial charge is 0.272 e. The molecule has 0 aromatic heterocycles. The summed E-state index contributed by atoms with van der Waals surface area (Å²) in [5.74, 6) is 0.896. The first-order valence-electron chi connectivity index (χ1n) is 6.71. The van der Waals surface area contributed by atoms with Gasteiger partial charge >= 0.3 is 0 Å². The van der Waals surface area contributed by atoms with Crippen molar-refractivity contribution in [2.75, 3.05) is 18.5 Å². The fraction of sp³-hybridized carbons (Fsp3) is 0.571. The zero-order valence-corrected chi connectivity index (χ0v) is 11.1. The second-order valence-electron chi connectivity index (χ2n) is 5.27. The van der Waals surface area contributed by atoms with Crippen molar-refractivity contribution in [2.24, 2.45) is 11.8 Å². The van der Waals surface area contributed by atoms with Crippen LogP contribution in [0.1, 0.15) is 24.8 Å². The molecule has 19 heavy (non-hydrogen) atoms. The number of nitro benzene ring substituents is 1. The topological polar surface area (TPSA) is 75.4 Å². The molecule has 2 unspecified atom stereocenters. The highest BCUT2D eigenvalue weighted by Gasteiger charge is 2.26. The molecule has 1 aromatic rings. The van der Waals surface area contributed by atoms with Gasteiger partial charge in [-0.15, -0.1) is 0 Å². The lowest BCUT2D eigenvalue weighted by Gasteiger charge is -2.18.